The average molecular weight is 263 g/mol. The minimum Gasteiger partial charge on any atom is -0.348 e. The first kappa shape index (κ1) is 13.3. The Bertz CT molecular complexity index is 382. The van der Waals surface area contributed by atoms with Gasteiger partial charge < -0.3 is 9.47 Å². The molecule has 1 saturated carbocycles. The zero-order chi connectivity index (χ0) is 13.3. The van der Waals surface area contributed by atoms with E-state index in [4.69, 9.17) is 9.47 Å². The monoisotopic (exact) mass is 263 g/mol. The van der Waals surface area contributed by atoms with Crippen LogP contribution in [0.2, 0.25) is 0 Å². The molecule has 0 atom stereocenters. The Morgan fingerprint density at radius 2 is 1.68 bits per heavy atom. The van der Waals surface area contributed by atoms with E-state index in [1.807, 2.05) is 0 Å². The molecule has 0 bridgehead atoms. The predicted molar refractivity (Wildman–Crippen MR) is 76.0 cm³/mol. The third-order valence-corrected chi connectivity index (χ3v) is 5.04. The lowest BCUT2D eigenvalue weighted by molar-refractivity contribution is -0.189. The van der Waals surface area contributed by atoms with Gasteiger partial charge in [-0.05, 0) is 45.4 Å². The van der Waals surface area contributed by atoms with Crippen LogP contribution in [0.5, 0.6) is 0 Å². The van der Waals surface area contributed by atoms with Gasteiger partial charge in [-0.1, -0.05) is 18.2 Å². The third kappa shape index (κ3) is 2.28. The van der Waals surface area contributed by atoms with Gasteiger partial charge in [-0.15, -0.1) is 0 Å². The highest BCUT2D eigenvalue weighted by molar-refractivity contribution is 5.34. The van der Waals surface area contributed by atoms with E-state index in [-0.39, 0.29) is 11.3 Å². The number of hydrogen-bond acceptors (Lipinski definition) is 3. The summed E-state index contributed by atoms with van der Waals surface area (Å²) in [7, 11) is 4.41. The zero-order valence-corrected chi connectivity index (χ0v) is 12.2. The minimum atomic E-state index is -0.265. The number of allylic oxidation sites excluding steroid dienone is 2. The summed E-state index contributed by atoms with van der Waals surface area (Å²) in [5, 5.41) is 0. The van der Waals surface area contributed by atoms with Crippen LogP contribution in [0.4, 0.5) is 0 Å². The molecule has 2 aliphatic carbocycles. The molecule has 0 aromatic rings. The van der Waals surface area contributed by atoms with E-state index in [0.29, 0.717) is 0 Å². The van der Waals surface area contributed by atoms with E-state index in [9.17, 15) is 0 Å². The van der Waals surface area contributed by atoms with E-state index in [1.54, 1.807) is 0 Å². The summed E-state index contributed by atoms with van der Waals surface area (Å²) >= 11 is 0. The van der Waals surface area contributed by atoms with Gasteiger partial charge in [-0.2, -0.15) is 0 Å². The zero-order valence-electron chi connectivity index (χ0n) is 12.2. The molecule has 0 aromatic carbocycles. The molecule has 3 nitrogen and oxygen atoms in total. The van der Waals surface area contributed by atoms with Gasteiger partial charge in [0.05, 0.1) is 13.2 Å². The molecule has 19 heavy (non-hydrogen) atoms. The fraction of sp³-hybridized carbons (Fsp3) is 0.750. The van der Waals surface area contributed by atoms with Crippen LogP contribution in [-0.2, 0) is 9.47 Å². The summed E-state index contributed by atoms with van der Waals surface area (Å²) in [6.07, 6.45) is 13.7. The molecule has 1 heterocycles. The van der Waals surface area contributed by atoms with Crippen LogP contribution in [0.3, 0.4) is 0 Å². The molecule has 3 aliphatic rings. The first-order valence-corrected chi connectivity index (χ1v) is 7.50. The van der Waals surface area contributed by atoms with Crippen molar-refractivity contribution in [2.24, 2.45) is 0 Å². The second-order valence-corrected chi connectivity index (χ2v) is 6.17. The fourth-order valence-corrected chi connectivity index (χ4v) is 3.78. The fourth-order valence-electron chi connectivity index (χ4n) is 3.78. The highest BCUT2D eigenvalue weighted by atomic mass is 16.7. The van der Waals surface area contributed by atoms with Gasteiger partial charge in [0, 0.05) is 18.4 Å². The van der Waals surface area contributed by atoms with Crippen LogP contribution < -0.4 is 0 Å². The summed E-state index contributed by atoms with van der Waals surface area (Å²) in [6.45, 7) is 1.52. The lowest BCUT2D eigenvalue weighted by atomic mass is 9.72. The topological polar surface area (TPSA) is 21.7 Å². The molecular formula is C16H25NO2. The maximum Gasteiger partial charge on any atom is 0.168 e. The van der Waals surface area contributed by atoms with Crippen molar-refractivity contribution in [1.82, 2.24) is 4.90 Å². The number of ether oxygens (including phenoxy) is 2. The molecule has 1 spiro atoms. The van der Waals surface area contributed by atoms with Crippen molar-refractivity contribution in [3.8, 4) is 0 Å². The third-order valence-electron chi connectivity index (χ3n) is 5.04. The smallest absolute Gasteiger partial charge is 0.168 e. The summed E-state index contributed by atoms with van der Waals surface area (Å²) in [4.78, 5) is 2.40. The average Bonchev–Trinajstić information content (AvgIpc) is 2.89. The maximum absolute atomic E-state index is 5.86. The summed E-state index contributed by atoms with van der Waals surface area (Å²) in [5.74, 6) is -0.265. The van der Waals surface area contributed by atoms with Crippen molar-refractivity contribution in [1.29, 1.82) is 0 Å². The first-order chi connectivity index (χ1) is 9.17. The van der Waals surface area contributed by atoms with Crippen molar-refractivity contribution in [3.63, 3.8) is 0 Å². The van der Waals surface area contributed by atoms with Crippen molar-refractivity contribution < 1.29 is 9.47 Å². The maximum atomic E-state index is 5.86. The molecular weight excluding hydrogens is 238 g/mol. The standard InChI is InChI=1S/C16H25NO2/c1-17(2)15(14-6-4-3-5-7-14)8-10-16(11-9-15)18-12-13-19-16/h4,6-7H,3,5,8-13H2,1-2H3. The van der Waals surface area contributed by atoms with E-state index in [2.05, 4.69) is 37.2 Å². The molecule has 106 valence electrons. The molecule has 0 radical (unpaired) electrons. The highest BCUT2D eigenvalue weighted by Crippen LogP contribution is 2.46. The Balaban J connectivity index is 1.80. The van der Waals surface area contributed by atoms with Gasteiger partial charge in [-0.3, -0.25) is 4.90 Å². The van der Waals surface area contributed by atoms with Gasteiger partial charge >= 0.3 is 0 Å². The first-order valence-electron chi connectivity index (χ1n) is 7.50. The van der Waals surface area contributed by atoms with Crippen LogP contribution in [-0.4, -0.2) is 43.5 Å². The van der Waals surface area contributed by atoms with Crippen LogP contribution in [0.1, 0.15) is 38.5 Å². The van der Waals surface area contributed by atoms with Crippen LogP contribution in [0, 0.1) is 0 Å². The van der Waals surface area contributed by atoms with E-state index in [1.165, 1.54) is 18.4 Å². The Kier molecular flexibility index (Phi) is 3.54. The number of rotatable bonds is 2. The normalized spacial score (nSPS) is 28.9. The summed E-state index contributed by atoms with van der Waals surface area (Å²) in [5.41, 5.74) is 1.67. The lowest BCUT2D eigenvalue weighted by Gasteiger charge is -2.48. The molecule has 0 N–H and O–H groups in total. The van der Waals surface area contributed by atoms with Gasteiger partial charge in [0.2, 0.25) is 0 Å². The highest BCUT2D eigenvalue weighted by Gasteiger charge is 2.48. The predicted octanol–water partition coefficient (Wildman–Crippen LogP) is 2.88. The van der Waals surface area contributed by atoms with Gasteiger partial charge in [-0.25, -0.2) is 0 Å². The number of likely N-dealkylation sites (N-methyl/N-ethyl adjacent to an activating group) is 1. The quantitative estimate of drug-likeness (QED) is 0.764. The molecule has 0 amide bonds. The van der Waals surface area contributed by atoms with Crippen LogP contribution in [0.25, 0.3) is 0 Å². The molecule has 3 heteroatoms. The Morgan fingerprint density at radius 3 is 2.21 bits per heavy atom. The second kappa shape index (κ2) is 5.04. The largest absolute Gasteiger partial charge is 0.348 e. The number of hydrogen-bond donors (Lipinski definition) is 0. The Labute approximate surface area is 116 Å². The Hall–Kier alpha value is -0.640. The molecule has 3 rings (SSSR count). The van der Waals surface area contributed by atoms with Gasteiger partial charge in [0.25, 0.3) is 0 Å². The van der Waals surface area contributed by atoms with E-state index < -0.39 is 0 Å². The molecule has 0 unspecified atom stereocenters. The van der Waals surface area contributed by atoms with Crippen molar-refractivity contribution in [2.45, 2.75) is 49.9 Å². The van der Waals surface area contributed by atoms with Crippen LogP contribution in [0.15, 0.2) is 23.8 Å². The molecule has 0 aromatic heterocycles. The second-order valence-electron chi connectivity index (χ2n) is 6.17. The summed E-state index contributed by atoms with van der Waals surface area (Å²) in [6, 6.07) is 0. The van der Waals surface area contributed by atoms with Crippen molar-refractivity contribution >= 4 is 0 Å². The number of nitrogens with zero attached hydrogens (tertiary/aromatic N) is 1. The van der Waals surface area contributed by atoms with Crippen molar-refractivity contribution in [3.05, 3.63) is 23.8 Å². The van der Waals surface area contributed by atoms with E-state index in [0.717, 1.165) is 38.9 Å². The van der Waals surface area contributed by atoms with E-state index >= 15 is 0 Å². The lowest BCUT2D eigenvalue weighted by Crippen LogP contribution is -2.52. The van der Waals surface area contributed by atoms with Crippen molar-refractivity contribution in [2.75, 3.05) is 27.3 Å². The van der Waals surface area contributed by atoms with Gasteiger partial charge in [0.1, 0.15) is 0 Å². The Morgan fingerprint density at radius 1 is 1.00 bits per heavy atom. The minimum absolute atomic E-state index is 0.178. The molecule has 1 saturated heterocycles. The molecule has 2 fully saturated rings. The SMILES string of the molecule is CN(C)C1(C2=CCCC=C2)CCC2(CC1)OCCO2. The summed E-state index contributed by atoms with van der Waals surface area (Å²) < 4.78 is 11.7. The van der Waals surface area contributed by atoms with Gasteiger partial charge in [0.15, 0.2) is 5.79 Å². The van der Waals surface area contributed by atoms with Crippen LogP contribution >= 0.6 is 0 Å². The molecule has 1 aliphatic heterocycles.